The van der Waals surface area contributed by atoms with Gasteiger partial charge in [-0.05, 0) is 41.8 Å². The number of benzene rings is 2. The van der Waals surface area contributed by atoms with E-state index in [1.54, 1.807) is 36.7 Å². The lowest BCUT2D eigenvalue weighted by Crippen LogP contribution is -2.23. The van der Waals surface area contributed by atoms with Gasteiger partial charge in [-0.2, -0.15) is 5.26 Å². The number of aromatic amines is 1. The first kappa shape index (κ1) is 15.9. The van der Waals surface area contributed by atoms with E-state index in [-0.39, 0.29) is 11.7 Å². The Kier molecular flexibility index (Phi) is 4.69. The fourth-order valence-electron chi connectivity index (χ4n) is 2.75. The summed E-state index contributed by atoms with van der Waals surface area (Å²) in [4.78, 5) is 7.32. The molecule has 0 aliphatic heterocycles. The van der Waals surface area contributed by atoms with E-state index in [1.165, 1.54) is 12.1 Å². The van der Waals surface area contributed by atoms with Crippen molar-refractivity contribution in [3.63, 3.8) is 0 Å². The minimum absolute atomic E-state index is 0.303. The summed E-state index contributed by atoms with van der Waals surface area (Å²) in [6.07, 6.45) is 2.97. The Morgan fingerprint density at radius 1 is 1.12 bits per heavy atom. The van der Waals surface area contributed by atoms with Gasteiger partial charge in [0.25, 0.3) is 0 Å². The lowest BCUT2D eigenvalue weighted by atomic mass is 9.88. The Hall–Kier alpha value is -2.97. The Labute approximate surface area is 139 Å². The van der Waals surface area contributed by atoms with Crippen molar-refractivity contribution in [2.75, 3.05) is 0 Å². The second kappa shape index (κ2) is 7.07. The van der Waals surface area contributed by atoms with E-state index in [0.29, 0.717) is 17.8 Å². The van der Waals surface area contributed by atoms with Crippen LogP contribution in [0.15, 0.2) is 60.9 Å². The van der Waals surface area contributed by atoms with Gasteiger partial charge >= 0.3 is 0 Å². The van der Waals surface area contributed by atoms with Crippen molar-refractivity contribution in [2.45, 2.75) is 18.4 Å². The molecule has 24 heavy (non-hydrogen) atoms. The maximum absolute atomic E-state index is 13.0. The molecule has 2 unspecified atom stereocenters. The molecule has 5 heteroatoms. The number of rotatable bonds is 5. The normalized spacial score (nSPS) is 13.2. The van der Waals surface area contributed by atoms with Crippen LogP contribution >= 0.6 is 0 Å². The van der Waals surface area contributed by atoms with Crippen LogP contribution in [-0.2, 0) is 6.42 Å². The van der Waals surface area contributed by atoms with Crippen molar-refractivity contribution in [3.8, 4) is 6.07 Å². The van der Waals surface area contributed by atoms with Crippen molar-refractivity contribution >= 4 is 0 Å². The topological polar surface area (TPSA) is 72.7 Å². The van der Waals surface area contributed by atoms with Crippen molar-refractivity contribution in [2.24, 2.45) is 0 Å². The molecule has 0 radical (unpaired) electrons. The van der Waals surface area contributed by atoms with Crippen molar-refractivity contribution in [1.29, 1.82) is 5.26 Å². The van der Waals surface area contributed by atoms with Gasteiger partial charge in [0.05, 0.1) is 23.7 Å². The molecule has 0 fully saturated rings. The highest BCUT2D eigenvalue weighted by Gasteiger charge is 2.25. The van der Waals surface area contributed by atoms with E-state index in [1.807, 2.05) is 12.1 Å². The summed E-state index contributed by atoms with van der Waals surface area (Å²) in [6, 6.07) is 15.2. The zero-order valence-corrected chi connectivity index (χ0v) is 12.9. The third kappa shape index (κ3) is 3.50. The van der Waals surface area contributed by atoms with Crippen LogP contribution in [0.3, 0.4) is 0 Å². The molecule has 3 rings (SSSR count). The number of nitriles is 1. The number of aromatic nitrogens is 2. The second-order valence-corrected chi connectivity index (χ2v) is 5.58. The summed E-state index contributed by atoms with van der Waals surface area (Å²) < 4.78 is 13.0. The zero-order valence-electron chi connectivity index (χ0n) is 12.9. The van der Waals surface area contributed by atoms with Gasteiger partial charge in [0.2, 0.25) is 0 Å². The minimum atomic E-state index is -0.741. The lowest BCUT2D eigenvalue weighted by molar-refractivity contribution is 0.154. The van der Waals surface area contributed by atoms with Gasteiger partial charge in [-0.15, -0.1) is 0 Å². The standard InChI is InChI=1S/C19H16FN3O/c20-16-7-3-13(4-8-16)11-17(24)18(19-22-9-10-23-19)15-5-1-14(12-21)2-6-15/h1-10,17-18,24H,11H2,(H,22,23). The van der Waals surface area contributed by atoms with E-state index in [9.17, 15) is 9.50 Å². The summed E-state index contributed by atoms with van der Waals surface area (Å²) in [5.74, 6) is -0.0185. The molecular formula is C19H16FN3O. The van der Waals surface area contributed by atoms with Crippen LogP contribution in [0.2, 0.25) is 0 Å². The number of nitrogens with zero attached hydrogens (tertiary/aromatic N) is 2. The van der Waals surface area contributed by atoms with Crippen LogP contribution in [0.1, 0.15) is 28.4 Å². The summed E-state index contributed by atoms with van der Waals surface area (Å²) in [5, 5.41) is 19.7. The third-order valence-electron chi connectivity index (χ3n) is 3.96. The monoisotopic (exact) mass is 321 g/mol. The molecule has 0 spiro atoms. The molecule has 1 aromatic heterocycles. The molecule has 0 aliphatic rings. The number of aliphatic hydroxyl groups is 1. The molecular weight excluding hydrogens is 305 g/mol. The van der Waals surface area contributed by atoms with E-state index >= 15 is 0 Å². The number of hydrogen-bond donors (Lipinski definition) is 2. The number of halogens is 1. The molecule has 3 aromatic rings. The van der Waals surface area contributed by atoms with E-state index in [0.717, 1.165) is 11.1 Å². The molecule has 0 saturated heterocycles. The molecule has 2 atom stereocenters. The highest BCUT2D eigenvalue weighted by atomic mass is 19.1. The first-order valence-electron chi connectivity index (χ1n) is 7.59. The molecule has 0 bridgehead atoms. The first-order valence-corrected chi connectivity index (χ1v) is 7.59. The number of aliphatic hydroxyl groups excluding tert-OH is 1. The van der Waals surface area contributed by atoms with Gasteiger partial charge in [0.1, 0.15) is 11.6 Å². The highest BCUT2D eigenvalue weighted by molar-refractivity contribution is 5.36. The Balaban J connectivity index is 1.89. The Morgan fingerprint density at radius 2 is 1.83 bits per heavy atom. The average Bonchev–Trinajstić information content (AvgIpc) is 3.12. The minimum Gasteiger partial charge on any atom is -0.392 e. The van der Waals surface area contributed by atoms with Gasteiger partial charge in [-0.3, -0.25) is 0 Å². The number of hydrogen-bond acceptors (Lipinski definition) is 3. The van der Waals surface area contributed by atoms with Crippen LogP contribution in [0.25, 0.3) is 0 Å². The second-order valence-electron chi connectivity index (χ2n) is 5.58. The Morgan fingerprint density at radius 3 is 2.42 bits per heavy atom. The maximum Gasteiger partial charge on any atom is 0.123 e. The van der Waals surface area contributed by atoms with Gasteiger partial charge in [0, 0.05) is 12.4 Å². The first-order chi connectivity index (χ1) is 11.7. The van der Waals surface area contributed by atoms with Crippen molar-refractivity contribution in [1.82, 2.24) is 9.97 Å². The number of imidazole rings is 1. The van der Waals surface area contributed by atoms with E-state index in [2.05, 4.69) is 16.0 Å². The van der Waals surface area contributed by atoms with Crippen LogP contribution in [0, 0.1) is 17.1 Å². The fourth-order valence-corrected chi connectivity index (χ4v) is 2.75. The van der Waals surface area contributed by atoms with Gasteiger partial charge < -0.3 is 10.1 Å². The quantitative estimate of drug-likeness (QED) is 0.758. The highest BCUT2D eigenvalue weighted by Crippen LogP contribution is 2.28. The summed E-state index contributed by atoms with van der Waals surface area (Å²) in [6.45, 7) is 0. The molecule has 0 amide bonds. The van der Waals surface area contributed by atoms with Gasteiger partial charge in [0.15, 0.2) is 0 Å². The van der Waals surface area contributed by atoms with Crippen LogP contribution in [-0.4, -0.2) is 21.2 Å². The zero-order chi connectivity index (χ0) is 16.9. The molecule has 0 saturated carbocycles. The number of nitrogens with one attached hydrogen (secondary N) is 1. The van der Waals surface area contributed by atoms with Gasteiger partial charge in [-0.25, -0.2) is 9.37 Å². The van der Waals surface area contributed by atoms with Crippen LogP contribution in [0.4, 0.5) is 4.39 Å². The SMILES string of the molecule is N#Cc1ccc(C(c2ncc[nH]2)C(O)Cc2ccc(F)cc2)cc1. The van der Waals surface area contributed by atoms with Crippen LogP contribution < -0.4 is 0 Å². The summed E-state index contributed by atoms with van der Waals surface area (Å²) in [5.41, 5.74) is 2.26. The number of H-pyrrole nitrogens is 1. The smallest absolute Gasteiger partial charge is 0.123 e. The van der Waals surface area contributed by atoms with Crippen molar-refractivity contribution < 1.29 is 9.50 Å². The summed E-state index contributed by atoms with van der Waals surface area (Å²) >= 11 is 0. The molecule has 1 heterocycles. The predicted octanol–water partition coefficient (Wildman–Crippen LogP) is 3.16. The molecule has 2 N–H and O–H groups in total. The fraction of sp³-hybridized carbons (Fsp3) is 0.158. The molecule has 2 aromatic carbocycles. The lowest BCUT2D eigenvalue weighted by Gasteiger charge is -2.22. The largest absolute Gasteiger partial charge is 0.392 e. The molecule has 120 valence electrons. The van der Waals surface area contributed by atoms with E-state index in [4.69, 9.17) is 5.26 Å². The third-order valence-corrected chi connectivity index (χ3v) is 3.96. The summed E-state index contributed by atoms with van der Waals surface area (Å²) in [7, 11) is 0. The Bertz CT molecular complexity index is 821. The van der Waals surface area contributed by atoms with E-state index < -0.39 is 6.10 Å². The average molecular weight is 321 g/mol. The van der Waals surface area contributed by atoms with Gasteiger partial charge in [-0.1, -0.05) is 24.3 Å². The van der Waals surface area contributed by atoms with Crippen LogP contribution in [0.5, 0.6) is 0 Å². The maximum atomic E-state index is 13.0. The van der Waals surface area contributed by atoms with Crippen molar-refractivity contribution in [3.05, 3.63) is 89.3 Å². The molecule has 4 nitrogen and oxygen atoms in total. The predicted molar refractivity (Wildman–Crippen MR) is 87.7 cm³/mol. The molecule has 0 aliphatic carbocycles.